The number of carbonyl (C=O) groups is 2. The fourth-order valence-electron chi connectivity index (χ4n) is 2.44. The van der Waals surface area contributed by atoms with Gasteiger partial charge in [0.15, 0.2) is 0 Å². The second-order valence-corrected chi connectivity index (χ2v) is 5.90. The van der Waals surface area contributed by atoms with Gasteiger partial charge in [-0.15, -0.1) is 0 Å². The molecule has 8 heteroatoms. The van der Waals surface area contributed by atoms with Gasteiger partial charge < -0.3 is 10.2 Å². The third-order valence-electron chi connectivity index (χ3n) is 3.76. The van der Waals surface area contributed by atoms with E-state index in [9.17, 15) is 27.2 Å². The molecule has 0 saturated carbocycles. The third kappa shape index (κ3) is 6.22. The fourth-order valence-corrected chi connectivity index (χ4v) is 2.44. The van der Waals surface area contributed by atoms with Gasteiger partial charge in [0.1, 0.15) is 5.82 Å². The molecule has 2 amide bonds. The summed E-state index contributed by atoms with van der Waals surface area (Å²) >= 11 is 0. The molecular weight excluding hydrogens is 376 g/mol. The van der Waals surface area contributed by atoms with Crippen LogP contribution < -0.4 is 5.32 Å². The van der Waals surface area contributed by atoms with Gasteiger partial charge in [-0.05, 0) is 48.4 Å². The van der Waals surface area contributed by atoms with Crippen LogP contribution in [0.25, 0.3) is 6.08 Å². The van der Waals surface area contributed by atoms with E-state index in [-0.39, 0.29) is 13.1 Å². The zero-order valence-corrected chi connectivity index (χ0v) is 15.0. The predicted molar refractivity (Wildman–Crippen MR) is 97.7 cm³/mol. The Hall–Kier alpha value is -3.16. The zero-order chi connectivity index (χ0) is 20.7. The lowest BCUT2D eigenvalue weighted by molar-refractivity contribution is -0.185. The van der Waals surface area contributed by atoms with Crippen LogP contribution in [0.5, 0.6) is 0 Å². The molecule has 0 bridgehead atoms. The third-order valence-corrected chi connectivity index (χ3v) is 3.76. The van der Waals surface area contributed by atoms with Crippen molar-refractivity contribution in [1.29, 1.82) is 0 Å². The molecule has 0 aromatic heterocycles. The Labute approximate surface area is 159 Å². The number of rotatable bonds is 6. The molecule has 1 N–H and O–H groups in total. The molecule has 0 saturated heterocycles. The quantitative estimate of drug-likeness (QED) is 0.584. The highest BCUT2D eigenvalue weighted by Crippen LogP contribution is 2.21. The molecule has 0 radical (unpaired) electrons. The molecular formula is C20H18F4N2O2. The van der Waals surface area contributed by atoms with Gasteiger partial charge in [0.05, 0.1) is 0 Å². The van der Waals surface area contributed by atoms with Crippen molar-refractivity contribution in [2.45, 2.75) is 19.6 Å². The van der Waals surface area contributed by atoms with E-state index in [2.05, 4.69) is 5.32 Å². The molecule has 2 aromatic carbocycles. The molecule has 2 rings (SSSR count). The highest BCUT2D eigenvalue weighted by molar-refractivity contribution is 6.01. The van der Waals surface area contributed by atoms with Crippen molar-refractivity contribution in [2.24, 2.45) is 0 Å². The lowest BCUT2D eigenvalue weighted by Gasteiger charge is -2.22. The molecule has 0 aliphatic rings. The van der Waals surface area contributed by atoms with E-state index >= 15 is 0 Å². The first kappa shape index (κ1) is 21.1. The second kappa shape index (κ2) is 9.16. The normalized spacial score (nSPS) is 11.5. The first-order valence-electron chi connectivity index (χ1n) is 8.38. The first-order valence-corrected chi connectivity index (χ1v) is 8.38. The smallest absolute Gasteiger partial charge is 0.331 e. The minimum atomic E-state index is -4.94. The van der Waals surface area contributed by atoms with Gasteiger partial charge in [-0.1, -0.05) is 24.3 Å². The van der Waals surface area contributed by atoms with Crippen molar-refractivity contribution in [3.8, 4) is 0 Å². The SMILES string of the molecule is CCN(Cc1cccc(NC(=O)/C=C/c2cccc(F)c2)c1)C(=O)C(F)(F)F. The van der Waals surface area contributed by atoms with Crippen molar-refractivity contribution >= 4 is 23.6 Å². The van der Waals surface area contributed by atoms with Gasteiger partial charge >= 0.3 is 12.1 Å². The Kier molecular flexibility index (Phi) is 6.92. The maximum absolute atomic E-state index is 13.1. The Morgan fingerprint density at radius 3 is 2.46 bits per heavy atom. The van der Waals surface area contributed by atoms with E-state index in [0.29, 0.717) is 21.7 Å². The number of amides is 2. The van der Waals surface area contributed by atoms with Crippen LogP contribution in [0.4, 0.5) is 23.2 Å². The molecule has 0 fully saturated rings. The summed E-state index contributed by atoms with van der Waals surface area (Å²) in [6, 6.07) is 11.9. The van der Waals surface area contributed by atoms with Crippen LogP contribution in [-0.2, 0) is 16.1 Å². The highest BCUT2D eigenvalue weighted by atomic mass is 19.4. The summed E-state index contributed by atoms with van der Waals surface area (Å²) in [7, 11) is 0. The second-order valence-electron chi connectivity index (χ2n) is 5.90. The number of carbonyl (C=O) groups excluding carboxylic acids is 2. The predicted octanol–water partition coefficient (Wildman–Crippen LogP) is 4.39. The molecule has 0 heterocycles. The van der Waals surface area contributed by atoms with Crippen LogP contribution in [0.15, 0.2) is 54.6 Å². The fraction of sp³-hybridized carbons (Fsp3) is 0.200. The van der Waals surface area contributed by atoms with Crippen LogP contribution in [0.2, 0.25) is 0 Å². The number of nitrogens with one attached hydrogen (secondary N) is 1. The molecule has 0 spiro atoms. The summed E-state index contributed by atoms with van der Waals surface area (Å²) in [6.45, 7) is 1.11. The standard InChI is InChI=1S/C20H18F4N2O2/c1-2-26(19(28)20(22,23)24)13-15-6-4-8-17(12-15)25-18(27)10-9-14-5-3-7-16(21)11-14/h3-12H,2,13H2,1H3,(H,25,27)/b10-9+. The molecule has 0 aliphatic heterocycles. The van der Waals surface area contributed by atoms with Crippen molar-refractivity contribution < 1.29 is 27.2 Å². The Morgan fingerprint density at radius 1 is 1.11 bits per heavy atom. The summed E-state index contributed by atoms with van der Waals surface area (Å²) in [5.74, 6) is -2.83. The number of halogens is 4. The molecule has 0 unspecified atom stereocenters. The van der Waals surface area contributed by atoms with Crippen LogP contribution in [0, 0.1) is 5.82 Å². The van der Waals surface area contributed by atoms with Crippen LogP contribution >= 0.6 is 0 Å². The van der Waals surface area contributed by atoms with Gasteiger partial charge in [0, 0.05) is 24.9 Å². The summed E-state index contributed by atoms with van der Waals surface area (Å²) in [5, 5.41) is 2.57. The molecule has 4 nitrogen and oxygen atoms in total. The van der Waals surface area contributed by atoms with Crippen molar-refractivity contribution in [3.05, 3.63) is 71.6 Å². The number of anilines is 1. The number of benzene rings is 2. The Balaban J connectivity index is 2.04. The number of nitrogens with zero attached hydrogens (tertiary/aromatic N) is 1. The number of hydrogen-bond donors (Lipinski definition) is 1. The topological polar surface area (TPSA) is 49.4 Å². The average molecular weight is 394 g/mol. The van der Waals surface area contributed by atoms with Gasteiger partial charge in [0.2, 0.25) is 5.91 Å². The monoisotopic (exact) mass is 394 g/mol. The Bertz CT molecular complexity index is 879. The van der Waals surface area contributed by atoms with E-state index in [1.165, 1.54) is 43.3 Å². The summed E-state index contributed by atoms with van der Waals surface area (Å²) in [5.41, 5.74) is 1.31. The average Bonchev–Trinajstić information content (AvgIpc) is 2.63. The van der Waals surface area contributed by atoms with Crippen LogP contribution in [0.3, 0.4) is 0 Å². The van der Waals surface area contributed by atoms with E-state index in [1.54, 1.807) is 24.3 Å². The van der Waals surface area contributed by atoms with E-state index in [0.717, 1.165) is 0 Å². The van der Waals surface area contributed by atoms with E-state index < -0.39 is 23.8 Å². The zero-order valence-electron chi connectivity index (χ0n) is 15.0. The molecule has 0 aliphatic carbocycles. The Morgan fingerprint density at radius 2 is 1.82 bits per heavy atom. The van der Waals surface area contributed by atoms with Crippen LogP contribution in [0.1, 0.15) is 18.1 Å². The molecule has 148 valence electrons. The van der Waals surface area contributed by atoms with Gasteiger partial charge in [-0.3, -0.25) is 9.59 Å². The first-order chi connectivity index (χ1) is 13.2. The van der Waals surface area contributed by atoms with E-state index in [4.69, 9.17) is 0 Å². The lowest BCUT2D eigenvalue weighted by Crippen LogP contribution is -2.40. The number of alkyl halides is 3. The molecule has 0 atom stereocenters. The molecule has 28 heavy (non-hydrogen) atoms. The van der Waals surface area contributed by atoms with Crippen molar-refractivity contribution in [1.82, 2.24) is 4.90 Å². The minimum Gasteiger partial charge on any atom is -0.331 e. The maximum Gasteiger partial charge on any atom is 0.471 e. The van der Waals surface area contributed by atoms with Crippen LogP contribution in [-0.4, -0.2) is 29.4 Å². The molecule has 2 aromatic rings. The summed E-state index contributed by atoms with van der Waals surface area (Å²) in [4.78, 5) is 24.1. The summed E-state index contributed by atoms with van der Waals surface area (Å²) < 4.78 is 50.9. The summed E-state index contributed by atoms with van der Waals surface area (Å²) in [6.07, 6.45) is -2.29. The van der Waals surface area contributed by atoms with Gasteiger partial charge in [-0.2, -0.15) is 13.2 Å². The lowest BCUT2D eigenvalue weighted by atomic mass is 10.1. The van der Waals surface area contributed by atoms with E-state index in [1.807, 2.05) is 0 Å². The van der Waals surface area contributed by atoms with Crippen molar-refractivity contribution in [3.63, 3.8) is 0 Å². The van der Waals surface area contributed by atoms with Crippen molar-refractivity contribution in [2.75, 3.05) is 11.9 Å². The minimum absolute atomic E-state index is 0.106. The van der Waals surface area contributed by atoms with Gasteiger partial charge in [-0.25, -0.2) is 4.39 Å². The van der Waals surface area contributed by atoms with Gasteiger partial charge in [0.25, 0.3) is 0 Å². The largest absolute Gasteiger partial charge is 0.471 e. The maximum atomic E-state index is 13.1. The highest BCUT2D eigenvalue weighted by Gasteiger charge is 2.41. The number of hydrogen-bond acceptors (Lipinski definition) is 2.